The minimum atomic E-state index is -1.30. The van der Waals surface area contributed by atoms with Gasteiger partial charge in [-0.25, -0.2) is 0 Å². The average molecular weight is 1260 g/mol. The van der Waals surface area contributed by atoms with E-state index in [0.717, 1.165) is 55.6 Å². The first kappa shape index (κ1) is 55.6. The molecule has 0 N–H and O–H groups in total. The van der Waals surface area contributed by atoms with E-state index in [9.17, 15) is 4.39 Å². The molecule has 4 nitrogen and oxygen atoms in total. The molecule has 0 unspecified atom stereocenters. The number of rotatable bonds is 7. The van der Waals surface area contributed by atoms with Crippen molar-refractivity contribution in [1.82, 2.24) is 14.5 Å². The maximum atomic E-state index is 12.8. The zero-order valence-electron chi connectivity index (χ0n) is 48.9. The Hall–Kier alpha value is -7.28. The van der Waals surface area contributed by atoms with E-state index in [1.165, 1.54) is 89.1 Å². The number of para-hydroxylation sites is 2. The van der Waals surface area contributed by atoms with E-state index < -0.39 is 8.07 Å². The molecule has 0 aliphatic heterocycles. The number of fused-ring (bicyclic) bond motifs is 10. The van der Waals surface area contributed by atoms with Crippen LogP contribution in [0, 0.1) is 23.4 Å². The van der Waals surface area contributed by atoms with Crippen molar-refractivity contribution in [1.29, 1.82) is 0 Å². The second-order valence-corrected chi connectivity index (χ2v) is 30.5. The molecule has 1 aliphatic rings. The molecule has 0 saturated carbocycles. The molecule has 3 heterocycles. The first-order chi connectivity index (χ1) is 38.1. The third-order valence-electron chi connectivity index (χ3n) is 18.4. The minimum absolute atomic E-state index is 0. The Balaban J connectivity index is 0.000000329. The molecular formula is C74H70FIrN3OSi-2. The summed E-state index contributed by atoms with van der Waals surface area (Å²) in [6, 6.07) is 66.6. The van der Waals surface area contributed by atoms with Crippen LogP contribution in [0.3, 0.4) is 0 Å². The number of nitrogens with zero attached hydrogens (tertiary/aromatic N) is 3. The van der Waals surface area contributed by atoms with Crippen molar-refractivity contribution in [2.75, 3.05) is 0 Å². The molecule has 7 heteroatoms. The third-order valence-corrected chi connectivity index (χ3v) is 20.5. The first-order valence-corrected chi connectivity index (χ1v) is 31.9. The number of pyridine rings is 1. The Morgan fingerprint density at radius 1 is 0.593 bits per heavy atom. The van der Waals surface area contributed by atoms with Gasteiger partial charge in [0.15, 0.2) is 0 Å². The van der Waals surface area contributed by atoms with Crippen molar-refractivity contribution in [2.24, 2.45) is 5.41 Å². The van der Waals surface area contributed by atoms with Crippen molar-refractivity contribution < 1.29 is 28.9 Å². The number of hydrogen-bond acceptors (Lipinski definition) is 3. The monoisotopic (exact) mass is 1260 g/mol. The van der Waals surface area contributed by atoms with E-state index in [1.54, 1.807) is 6.07 Å². The Morgan fingerprint density at radius 3 is 1.98 bits per heavy atom. The Morgan fingerprint density at radius 2 is 1.27 bits per heavy atom. The maximum Gasteiger partial charge on any atom is 0.121 e. The van der Waals surface area contributed by atoms with Crippen LogP contribution in [0.5, 0.6) is 0 Å². The Labute approximate surface area is 491 Å². The summed E-state index contributed by atoms with van der Waals surface area (Å²) in [7, 11) is -1.30. The minimum Gasteiger partial charge on any atom is -0.501 e. The smallest absolute Gasteiger partial charge is 0.121 e. The van der Waals surface area contributed by atoms with Crippen LogP contribution in [-0.4, -0.2) is 22.6 Å². The summed E-state index contributed by atoms with van der Waals surface area (Å²) in [6.45, 7) is 30.9. The van der Waals surface area contributed by atoms with E-state index in [-0.39, 0.29) is 54.0 Å². The second-order valence-electron chi connectivity index (χ2n) is 25.4. The standard InChI is InChI=1S/C60H55N2O.C14H15FNSi.Ir/c1-35(2)46-31-40(38-28-29-43-42-20-13-14-23-50(42)58(5,6)60(9,10)59(7,8)51(43)33-38)32-47(36(3)4)55(46)62-53-25-16-15-24-52(53)61-57(62)45-22-17-21-44-49-30-39-27-26-37-18-11-12-19-41(37)48(39)34-54(49)63-56(44)45;1-17(2,3)13-8-9-14(16-10-13)11-4-6-12(15)7-5-11;/h11-21,23-36H,1-10H3;4,6-10H,1-3H3;/q2*-1;. The van der Waals surface area contributed by atoms with Crippen molar-refractivity contribution in [2.45, 2.75) is 112 Å². The topological polar surface area (TPSA) is 43.9 Å². The van der Waals surface area contributed by atoms with Crippen LogP contribution in [0.1, 0.15) is 103 Å². The molecule has 1 aliphatic carbocycles. The maximum absolute atomic E-state index is 12.8. The fourth-order valence-corrected chi connectivity index (χ4v) is 13.6. The van der Waals surface area contributed by atoms with Crippen LogP contribution in [-0.2, 0) is 30.9 Å². The summed E-state index contributed by atoms with van der Waals surface area (Å²) < 4.78 is 22.1. The van der Waals surface area contributed by atoms with Gasteiger partial charge < -0.3 is 14.0 Å². The summed E-state index contributed by atoms with van der Waals surface area (Å²) in [6.07, 6.45) is 1.93. The number of imidazole rings is 1. The predicted molar refractivity (Wildman–Crippen MR) is 338 cm³/mol. The van der Waals surface area contributed by atoms with Gasteiger partial charge in [0.25, 0.3) is 0 Å². The van der Waals surface area contributed by atoms with E-state index in [0.29, 0.717) is 0 Å². The molecule has 9 aromatic carbocycles. The second kappa shape index (κ2) is 20.6. The fourth-order valence-electron chi connectivity index (χ4n) is 12.6. The van der Waals surface area contributed by atoms with E-state index >= 15 is 0 Å². The van der Waals surface area contributed by atoms with Gasteiger partial charge in [-0.2, -0.15) is 0 Å². The van der Waals surface area contributed by atoms with Gasteiger partial charge in [0.1, 0.15) is 5.58 Å². The number of hydrogen-bond donors (Lipinski definition) is 0. The molecule has 409 valence electrons. The largest absolute Gasteiger partial charge is 0.501 e. The summed E-state index contributed by atoms with van der Waals surface area (Å²) in [5.41, 5.74) is 17.8. The average Bonchev–Trinajstić information content (AvgIpc) is 4.25. The normalized spacial score (nSPS) is 14.5. The van der Waals surface area contributed by atoms with Crippen LogP contribution in [0.4, 0.5) is 4.39 Å². The van der Waals surface area contributed by atoms with Crippen molar-refractivity contribution >= 4 is 67.8 Å². The van der Waals surface area contributed by atoms with E-state index in [2.05, 4.69) is 250 Å². The fraction of sp³-hybridized carbons (Fsp3) is 0.243. The van der Waals surface area contributed by atoms with E-state index in [4.69, 9.17) is 9.40 Å². The number of furan rings is 1. The zero-order chi connectivity index (χ0) is 56.2. The van der Waals surface area contributed by atoms with Crippen molar-refractivity contribution in [3.8, 4) is 50.6 Å². The summed E-state index contributed by atoms with van der Waals surface area (Å²) in [5, 5.41) is 8.32. The molecule has 0 spiro atoms. The quantitative estimate of drug-likeness (QED) is 0.0907. The van der Waals surface area contributed by atoms with Gasteiger partial charge in [0.2, 0.25) is 0 Å². The van der Waals surface area contributed by atoms with Crippen LogP contribution >= 0.6 is 0 Å². The van der Waals surface area contributed by atoms with Crippen LogP contribution in [0.15, 0.2) is 180 Å². The van der Waals surface area contributed by atoms with E-state index in [1.807, 2.05) is 18.3 Å². The molecule has 0 amide bonds. The van der Waals surface area contributed by atoms with Gasteiger partial charge in [-0.15, -0.1) is 48.0 Å². The predicted octanol–water partition coefficient (Wildman–Crippen LogP) is 20.1. The molecular weight excluding hydrogens is 1190 g/mol. The number of aromatic nitrogens is 3. The molecule has 0 bridgehead atoms. The van der Waals surface area contributed by atoms with Gasteiger partial charge >= 0.3 is 0 Å². The number of halogens is 1. The Bertz CT molecular complexity index is 4350. The zero-order valence-corrected chi connectivity index (χ0v) is 52.3. The molecule has 1 radical (unpaired) electrons. The van der Waals surface area contributed by atoms with Crippen LogP contribution in [0.2, 0.25) is 19.6 Å². The molecule has 81 heavy (non-hydrogen) atoms. The molecule has 12 aromatic rings. The molecule has 0 fully saturated rings. The van der Waals surface area contributed by atoms with Gasteiger partial charge in [-0.1, -0.05) is 197 Å². The summed E-state index contributed by atoms with van der Waals surface area (Å²) >= 11 is 0. The molecule has 13 rings (SSSR count). The molecule has 3 aromatic heterocycles. The van der Waals surface area contributed by atoms with Gasteiger partial charge in [-0.05, 0) is 147 Å². The number of benzene rings is 9. The molecule has 0 saturated heterocycles. The Kier molecular flexibility index (Phi) is 14.1. The van der Waals surface area contributed by atoms with Gasteiger partial charge in [0.05, 0.1) is 30.5 Å². The SMILES string of the molecule is CC(C)c1cc(-c2ccc3c(c2)C(C)(C)C(C)(C)C(C)(C)c2ccccc2-3)cc(C(C)C)c1-n1c(-c2[c-]ccc3c2oc2cc4c(ccc5ccccc54)cc23)nc2ccccc21.C[Si](C)(C)c1ccc(-c2[c-]cc(F)cc2)nc1.[Ir]. The van der Waals surface area contributed by atoms with Gasteiger partial charge in [0, 0.05) is 43.2 Å². The third kappa shape index (κ3) is 9.30. The van der Waals surface area contributed by atoms with Crippen molar-refractivity contribution in [3.05, 3.63) is 216 Å². The van der Waals surface area contributed by atoms with Crippen molar-refractivity contribution in [3.63, 3.8) is 0 Å². The first-order valence-electron chi connectivity index (χ1n) is 28.4. The van der Waals surface area contributed by atoms with Gasteiger partial charge in [-0.3, -0.25) is 9.37 Å². The summed E-state index contributed by atoms with van der Waals surface area (Å²) in [5.74, 6) is 1.02. The van der Waals surface area contributed by atoms with Crippen LogP contribution in [0.25, 0.3) is 105 Å². The molecule has 0 atom stereocenters. The summed E-state index contributed by atoms with van der Waals surface area (Å²) in [4.78, 5) is 9.87. The van der Waals surface area contributed by atoms with Crippen LogP contribution < -0.4 is 5.19 Å².